The highest BCUT2D eigenvalue weighted by molar-refractivity contribution is 5.83. The molecule has 3 atom stereocenters. The Kier molecular flexibility index (Phi) is 6.79. The number of unbranched alkanes of at least 4 members (excludes halogenated alkanes) is 3. The standard InChI is InChI=1S/C15H28O2/c1-4-5-6-7-11-14(16)15(17-3)13-10-8-9-12(13)2/h12-13,15H,4-11H2,1-3H3. The zero-order chi connectivity index (χ0) is 12.7. The number of hydrogen-bond acceptors (Lipinski definition) is 2. The minimum Gasteiger partial charge on any atom is -0.373 e. The highest BCUT2D eigenvalue weighted by Crippen LogP contribution is 2.35. The largest absolute Gasteiger partial charge is 0.373 e. The van der Waals surface area contributed by atoms with Crippen LogP contribution in [0.5, 0.6) is 0 Å². The van der Waals surface area contributed by atoms with Crippen LogP contribution in [0, 0.1) is 11.8 Å². The van der Waals surface area contributed by atoms with Gasteiger partial charge < -0.3 is 4.74 Å². The fraction of sp³-hybridized carbons (Fsp3) is 0.933. The van der Waals surface area contributed by atoms with Crippen molar-refractivity contribution in [2.75, 3.05) is 7.11 Å². The van der Waals surface area contributed by atoms with E-state index in [0.29, 0.717) is 24.0 Å². The monoisotopic (exact) mass is 240 g/mol. The maximum absolute atomic E-state index is 12.1. The molecule has 0 aromatic heterocycles. The van der Waals surface area contributed by atoms with Gasteiger partial charge in [-0.3, -0.25) is 4.79 Å². The molecule has 1 fully saturated rings. The van der Waals surface area contributed by atoms with Crippen LogP contribution >= 0.6 is 0 Å². The fourth-order valence-electron chi connectivity index (χ4n) is 3.04. The Morgan fingerprint density at radius 3 is 2.59 bits per heavy atom. The molecular weight excluding hydrogens is 212 g/mol. The maximum Gasteiger partial charge on any atom is 0.161 e. The first kappa shape index (κ1) is 14.7. The van der Waals surface area contributed by atoms with Crippen LogP contribution < -0.4 is 0 Å². The third kappa shape index (κ3) is 4.42. The van der Waals surface area contributed by atoms with Crippen molar-refractivity contribution in [2.45, 2.75) is 71.3 Å². The first-order chi connectivity index (χ1) is 8.20. The summed E-state index contributed by atoms with van der Waals surface area (Å²) in [6.07, 6.45) is 8.94. The normalized spacial score (nSPS) is 26.1. The zero-order valence-electron chi connectivity index (χ0n) is 11.7. The number of carbonyl (C=O) groups is 1. The molecule has 1 saturated carbocycles. The summed E-state index contributed by atoms with van der Waals surface area (Å²) in [5.41, 5.74) is 0. The van der Waals surface area contributed by atoms with E-state index in [1.165, 1.54) is 38.5 Å². The summed E-state index contributed by atoms with van der Waals surface area (Å²) in [6, 6.07) is 0. The Labute approximate surface area is 106 Å². The third-order valence-corrected chi connectivity index (χ3v) is 4.16. The molecule has 17 heavy (non-hydrogen) atoms. The molecule has 0 saturated heterocycles. The fourth-order valence-corrected chi connectivity index (χ4v) is 3.04. The minimum atomic E-state index is -0.130. The number of hydrogen-bond donors (Lipinski definition) is 0. The van der Waals surface area contributed by atoms with Crippen LogP contribution in [-0.2, 0) is 9.53 Å². The van der Waals surface area contributed by atoms with E-state index in [1.54, 1.807) is 7.11 Å². The molecule has 3 unspecified atom stereocenters. The first-order valence-electron chi connectivity index (χ1n) is 7.26. The van der Waals surface area contributed by atoms with Crippen LogP contribution in [0.15, 0.2) is 0 Å². The predicted octanol–water partition coefficient (Wildman–Crippen LogP) is 3.98. The summed E-state index contributed by atoms with van der Waals surface area (Å²) < 4.78 is 5.47. The molecule has 2 heteroatoms. The Hall–Kier alpha value is -0.370. The van der Waals surface area contributed by atoms with Crippen molar-refractivity contribution in [2.24, 2.45) is 11.8 Å². The van der Waals surface area contributed by atoms with Crippen LogP contribution in [-0.4, -0.2) is 19.0 Å². The van der Waals surface area contributed by atoms with Crippen LogP contribution in [0.25, 0.3) is 0 Å². The van der Waals surface area contributed by atoms with E-state index in [-0.39, 0.29) is 6.10 Å². The van der Waals surface area contributed by atoms with Crippen molar-refractivity contribution in [3.63, 3.8) is 0 Å². The van der Waals surface area contributed by atoms with Gasteiger partial charge in [-0.1, -0.05) is 46.0 Å². The number of rotatable bonds is 8. The molecule has 1 rings (SSSR count). The lowest BCUT2D eigenvalue weighted by Crippen LogP contribution is -2.33. The second-order valence-corrected chi connectivity index (χ2v) is 5.51. The summed E-state index contributed by atoms with van der Waals surface area (Å²) in [5, 5.41) is 0. The van der Waals surface area contributed by atoms with Gasteiger partial charge in [-0.05, 0) is 24.7 Å². The Balaban J connectivity index is 2.35. The number of ether oxygens (including phenoxy) is 1. The van der Waals surface area contributed by atoms with Gasteiger partial charge in [-0.2, -0.15) is 0 Å². The van der Waals surface area contributed by atoms with Crippen molar-refractivity contribution >= 4 is 5.78 Å². The van der Waals surface area contributed by atoms with E-state index in [4.69, 9.17) is 4.74 Å². The quantitative estimate of drug-likeness (QED) is 0.600. The van der Waals surface area contributed by atoms with Crippen LogP contribution in [0.4, 0.5) is 0 Å². The summed E-state index contributed by atoms with van der Waals surface area (Å²) in [5.74, 6) is 1.46. The van der Waals surface area contributed by atoms with Crippen LogP contribution in [0.1, 0.15) is 65.2 Å². The van der Waals surface area contributed by atoms with Crippen LogP contribution in [0.3, 0.4) is 0 Å². The van der Waals surface area contributed by atoms with Gasteiger partial charge in [-0.25, -0.2) is 0 Å². The van der Waals surface area contributed by atoms with Gasteiger partial charge in [0.25, 0.3) is 0 Å². The van der Waals surface area contributed by atoms with Gasteiger partial charge in [0.05, 0.1) is 0 Å². The van der Waals surface area contributed by atoms with Gasteiger partial charge in [0.15, 0.2) is 5.78 Å². The lowest BCUT2D eigenvalue weighted by atomic mass is 9.88. The predicted molar refractivity (Wildman–Crippen MR) is 71.1 cm³/mol. The Morgan fingerprint density at radius 1 is 1.29 bits per heavy atom. The molecule has 0 aromatic carbocycles. The number of methoxy groups -OCH3 is 1. The lowest BCUT2D eigenvalue weighted by Gasteiger charge is -2.24. The van der Waals surface area contributed by atoms with Gasteiger partial charge in [0, 0.05) is 13.5 Å². The minimum absolute atomic E-state index is 0.130. The molecule has 0 heterocycles. The van der Waals surface area contributed by atoms with Gasteiger partial charge >= 0.3 is 0 Å². The average Bonchev–Trinajstić information content (AvgIpc) is 2.72. The lowest BCUT2D eigenvalue weighted by molar-refractivity contribution is -0.132. The van der Waals surface area contributed by atoms with E-state index >= 15 is 0 Å². The molecule has 100 valence electrons. The van der Waals surface area contributed by atoms with Crippen molar-refractivity contribution in [1.29, 1.82) is 0 Å². The highest BCUT2D eigenvalue weighted by Gasteiger charge is 2.34. The SMILES string of the molecule is CCCCCCC(=O)C(OC)C1CCCC1C. The van der Waals surface area contributed by atoms with Crippen molar-refractivity contribution in [1.82, 2.24) is 0 Å². The molecule has 0 radical (unpaired) electrons. The third-order valence-electron chi connectivity index (χ3n) is 4.16. The molecule has 0 aromatic rings. The summed E-state index contributed by atoms with van der Waals surface area (Å²) in [4.78, 5) is 12.1. The van der Waals surface area contributed by atoms with E-state index < -0.39 is 0 Å². The molecule has 0 amide bonds. The molecule has 0 spiro atoms. The number of ketones is 1. The maximum atomic E-state index is 12.1. The van der Waals surface area contributed by atoms with Crippen molar-refractivity contribution in [3.05, 3.63) is 0 Å². The van der Waals surface area contributed by atoms with E-state index in [9.17, 15) is 4.79 Å². The van der Waals surface area contributed by atoms with Crippen molar-refractivity contribution < 1.29 is 9.53 Å². The molecular formula is C15H28O2. The molecule has 0 N–H and O–H groups in total. The van der Waals surface area contributed by atoms with Crippen molar-refractivity contribution in [3.8, 4) is 0 Å². The molecule has 1 aliphatic rings. The van der Waals surface area contributed by atoms with Gasteiger partial charge in [0.1, 0.15) is 6.10 Å². The number of carbonyl (C=O) groups excluding carboxylic acids is 1. The van der Waals surface area contributed by atoms with E-state index in [1.807, 2.05) is 0 Å². The average molecular weight is 240 g/mol. The second-order valence-electron chi connectivity index (χ2n) is 5.51. The zero-order valence-corrected chi connectivity index (χ0v) is 11.7. The molecule has 0 bridgehead atoms. The highest BCUT2D eigenvalue weighted by atomic mass is 16.5. The smallest absolute Gasteiger partial charge is 0.161 e. The second kappa shape index (κ2) is 7.86. The van der Waals surface area contributed by atoms with Crippen LogP contribution in [0.2, 0.25) is 0 Å². The van der Waals surface area contributed by atoms with Gasteiger partial charge in [-0.15, -0.1) is 0 Å². The first-order valence-corrected chi connectivity index (χ1v) is 7.26. The van der Waals surface area contributed by atoms with Gasteiger partial charge in [0.2, 0.25) is 0 Å². The summed E-state index contributed by atoms with van der Waals surface area (Å²) in [7, 11) is 1.69. The number of Topliss-reactive ketones (excluding diaryl/α,β-unsaturated/α-hetero) is 1. The summed E-state index contributed by atoms with van der Waals surface area (Å²) in [6.45, 7) is 4.45. The molecule has 0 aliphatic heterocycles. The topological polar surface area (TPSA) is 26.3 Å². The van der Waals surface area contributed by atoms with E-state index in [0.717, 1.165) is 6.42 Å². The molecule has 1 aliphatic carbocycles. The summed E-state index contributed by atoms with van der Waals surface area (Å²) >= 11 is 0. The Bertz CT molecular complexity index is 225. The Morgan fingerprint density at radius 2 is 2.06 bits per heavy atom. The van der Waals surface area contributed by atoms with E-state index in [2.05, 4.69) is 13.8 Å². The molecule has 2 nitrogen and oxygen atoms in total.